The topological polar surface area (TPSA) is 80.0 Å². The molecular weight excluding hydrogens is 256 g/mol. The summed E-state index contributed by atoms with van der Waals surface area (Å²) < 4.78 is 1.55. The molecule has 6 nitrogen and oxygen atoms in total. The van der Waals surface area contributed by atoms with E-state index in [0.717, 1.165) is 0 Å². The van der Waals surface area contributed by atoms with Crippen molar-refractivity contribution in [2.24, 2.45) is 0 Å². The molecule has 0 aliphatic carbocycles. The van der Waals surface area contributed by atoms with Crippen LogP contribution < -0.4 is 5.32 Å². The lowest BCUT2D eigenvalue weighted by molar-refractivity contribution is 0.0941. The van der Waals surface area contributed by atoms with Gasteiger partial charge >= 0.3 is 0 Å². The van der Waals surface area contributed by atoms with Crippen LogP contribution in [0.4, 0.5) is 0 Å². The van der Waals surface area contributed by atoms with Crippen LogP contribution >= 0.6 is 0 Å². The molecule has 2 aromatic heterocycles. The van der Waals surface area contributed by atoms with Gasteiger partial charge in [0.05, 0.1) is 11.7 Å². The van der Waals surface area contributed by atoms with E-state index in [4.69, 9.17) is 0 Å². The number of aliphatic hydroxyl groups excluding tert-OH is 1. The molecule has 6 heteroatoms. The van der Waals surface area contributed by atoms with Crippen molar-refractivity contribution in [2.45, 2.75) is 25.9 Å². The zero-order valence-corrected chi connectivity index (χ0v) is 11.4. The zero-order valence-electron chi connectivity index (χ0n) is 11.4. The number of carbonyl (C=O) groups excluding carboxylic acids is 1. The van der Waals surface area contributed by atoms with Gasteiger partial charge in [0.15, 0.2) is 5.82 Å². The number of aliphatic hydroxyl groups is 1. The number of hydrogen-bond acceptors (Lipinski definition) is 4. The quantitative estimate of drug-likeness (QED) is 0.828. The second-order valence-electron chi connectivity index (χ2n) is 4.43. The van der Waals surface area contributed by atoms with E-state index < -0.39 is 0 Å². The summed E-state index contributed by atoms with van der Waals surface area (Å²) in [4.78, 5) is 16.3. The summed E-state index contributed by atoms with van der Waals surface area (Å²) in [7, 11) is 0. The van der Waals surface area contributed by atoms with Crippen LogP contribution in [0.3, 0.4) is 0 Å². The van der Waals surface area contributed by atoms with E-state index in [9.17, 15) is 9.90 Å². The minimum atomic E-state index is -0.380. The van der Waals surface area contributed by atoms with Gasteiger partial charge in [-0.25, -0.2) is 9.67 Å². The third-order valence-electron chi connectivity index (χ3n) is 2.99. The molecule has 1 atom stereocenters. The van der Waals surface area contributed by atoms with Crippen LogP contribution in [-0.4, -0.2) is 38.4 Å². The highest BCUT2D eigenvalue weighted by Crippen LogP contribution is 2.10. The van der Waals surface area contributed by atoms with E-state index in [1.165, 1.54) is 0 Å². The maximum absolute atomic E-state index is 12.2. The van der Waals surface area contributed by atoms with Crippen LogP contribution in [0.15, 0.2) is 36.8 Å². The van der Waals surface area contributed by atoms with Crippen molar-refractivity contribution >= 4 is 5.91 Å². The van der Waals surface area contributed by atoms with Gasteiger partial charge in [-0.05, 0) is 31.0 Å². The van der Waals surface area contributed by atoms with E-state index in [1.54, 1.807) is 41.5 Å². The minimum Gasteiger partial charge on any atom is -0.393 e. The molecule has 0 saturated carbocycles. The fourth-order valence-corrected chi connectivity index (χ4v) is 1.80. The van der Waals surface area contributed by atoms with Crippen LogP contribution in [-0.2, 0) is 0 Å². The molecule has 0 aliphatic heterocycles. The first-order valence-corrected chi connectivity index (χ1v) is 6.63. The molecule has 0 bridgehead atoms. The molecule has 0 aromatic carbocycles. The van der Waals surface area contributed by atoms with Crippen LogP contribution in [0.25, 0.3) is 5.82 Å². The SMILES string of the molecule is CCC(O)CCNC(=O)c1cccnc1-n1cccn1. The van der Waals surface area contributed by atoms with Gasteiger partial charge in [-0.15, -0.1) is 0 Å². The molecule has 0 aliphatic rings. The van der Waals surface area contributed by atoms with Gasteiger partial charge in [0.2, 0.25) is 0 Å². The highest BCUT2D eigenvalue weighted by atomic mass is 16.3. The Bertz CT molecular complexity index is 554. The predicted octanol–water partition coefficient (Wildman–Crippen LogP) is 1.16. The van der Waals surface area contributed by atoms with Crippen molar-refractivity contribution in [3.05, 3.63) is 42.4 Å². The Balaban J connectivity index is 2.07. The van der Waals surface area contributed by atoms with Gasteiger partial charge in [-0.3, -0.25) is 4.79 Å². The smallest absolute Gasteiger partial charge is 0.255 e. The number of aromatic nitrogens is 3. The molecule has 0 spiro atoms. The fraction of sp³-hybridized carbons (Fsp3) is 0.357. The molecule has 1 amide bonds. The highest BCUT2D eigenvalue weighted by Gasteiger charge is 2.13. The summed E-state index contributed by atoms with van der Waals surface area (Å²) in [6.07, 6.45) is 5.83. The molecule has 0 saturated heterocycles. The molecule has 2 rings (SSSR count). The standard InChI is InChI=1S/C14H18N4O2/c1-2-11(19)6-9-16-14(20)12-5-3-7-15-13(12)18-10-4-8-17-18/h3-5,7-8,10-11,19H,2,6,9H2,1H3,(H,16,20). The molecule has 1 unspecified atom stereocenters. The Morgan fingerprint density at radius 3 is 3.00 bits per heavy atom. The van der Waals surface area contributed by atoms with Crippen molar-refractivity contribution in [3.8, 4) is 5.82 Å². The monoisotopic (exact) mass is 274 g/mol. The molecule has 20 heavy (non-hydrogen) atoms. The van der Waals surface area contributed by atoms with E-state index in [1.807, 2.05) is 6.92 Å². The Labute approximate surface area is 117 Å². The van der Waals surface area contributed by atoms with Crippen molar-refractivity contribution in [1.29, 1.82) is 0 Å². The van der Waals surface area contributed by atoms with Crippen LogP contribution in [0.2, 0.25) is 0 Å². The predicted molar refractivity (Wildman–Crippen MR) is 74.6 cm³/mol. The second-order valence-corrected chi connectivity index (χ2v) is 4.43. The third kappa shape index (κ3) is 3.42. The maximum Gasteiger partial charge on any atom is 0.255 e. The summed E-state index contributed by atoms with van der Waals surface area (Å²) in [5, 5.41) is 16.3. The number of carbonyl (C=O) groups is 1. The first kappa shape index (κ1) is 14.2. The summed E-state index contributed by atoms with van der Waals surface area (Å²) >= 11 is 0. The molecular formula is C14H18N4O2. The summed E-state index contributed by atoms with van der Waals surface area (Å²) in [6.45, 7) is 2.34. The van der Waals surface area contributed by atoms with Gasteiger partial charge in [0.1, 0.15) is 0 Å². The summed E-state index contributed by atoms with van der Waals surface area (Å²) in [5.74, 6) is 0.276. The van der Waals surface area contributed by atoms with Crippen molar-refractivity contribution in [3.63, 3.8) is 0 Å². The fourth-order valence-electron chi connectivity index (χ4n) is 1.80. The van der Waals surface area contributed by atoms with Crippen molar-refractivity contribution in [2.75, 3.05) is 6.54 Å². The number of amides is 1. The number of nitrogens with zero attached hydrogens (tertiary/aromatic N) is 3. The lowest BCUT2D eigenvalue weighted by Gasteiger charge is -2.11. The van der Waals surface area contributed by atoms with Crippen LogP contribution in [0, 0.1) is 0 Å². The highest BCUT2D eigenvalue weighted by molar-refractivity contribution is 5.97. The lowest BCUT2D eigenvalue weighted by atomic mass is 10.2. The molecule has 106 valence electrons. The number of pyridine rings is 1. The zero-order chi connectivity index (χ0) is 14.4. The molecule has 2 heterocycles. The molecule has 0 radical (unpaired) electrons. The average molecular weight is 274 g/mol. The van der Waals surface area contributed by atoms with Gasteiger partial charge in [0, 0.05) is 25.1 Å². The molecule has 2 aromatic rings. The molecule has 2 N–H and O–H groups in total. The van der Waals surface area contributed by atoms with Gasteiger partial charge < -0.3 is 10.4 Å². The van der Waals surface area contributed by atoms with E-state index in [-0.39, 0.29) is 12.0 Å². The second kappa shape index (κ2) is 6.81. The number of hydrogen-bond donors (Lipinski definition) is 2. The Morgan fingerprint density at radius 2 is 2.30 bits per heavy atom. The Hall–Kier alpha value is -2.21. The van der Waals surface area contributed by atoms with Crippen molar-refractivity contribution < 1.29 is 9.90 Å². The molecule has 0 fully saturated rings. The Morgan fingerprint density at radius 1 is 1.45 bits per heavy atom. The van der Waals surface area contributed by atoms with Gasteiger partial charge in [0.25, 0.3) is 5.91 Å². The van der Waals surface area contributed by atoms with Gasteiger partial charge in [-0.2, -0.15) is 5.10 Å². The normalized spacial score (nSPS) is 12.1. The van der Waals surface area contributed by atoms with Crippen LogP contribution in [0.5, 0.6) is 0 Å². The van der Waals surface area contributed by atoms with E-state index >= 15 is 0 Å². The van der Waals surface area contributed by atoms with Crippen molar-refractivity contribution in [1.82, 2.24) is 20.1 Å². The minimum absolute atomic E-state index is 0.216. The summed E-state index contributed by atoms with van der Waals surface area (Å²) in [5.41, 5.74) is 0.460. The third-order valence-corrected chi connectivity index (χ3v) is 2.99. The van der Waals surface area contributed by atoms with E-state index in [0.29, 0.717) is 30.8 Å². The number of nitrogens with one attached hydrogen (secondary N) is 1. The first-order valence-electron chi connectivity index (χ1n) is 6.63. The van der Waals surface area contributed by atoms with Gasteiger partial charge in [-0.1, -0.05) is 6.92 Å². The van der Waals surface area contributed by atoms with Crippen LogP contribution in [0.1, 0.15) is 30.1 Å². The average Bonchev–Trinajstić information content (AvgIpc) is 3.01. The number of rotatable bonds is 6. The lowest BCUT2D eigenvalue weighted by Crippen LogP contribution is -2.28. The largest absolute Gasteiger partial charge is 0.393 e. The Kier molecular flexibility index (Phi) is 4.84. The maximum atomic E-state index is 12.2. The summed E-state index contributed by atoms with van der Waals surface area (Å²) in [6, 6.07) is 5.19. The first-order chi connectivity index (χ1) is 9.72. The van der Waals surface area contributed by atoms with E-state index in [2.05, 4.69) is 15.4 Å².